The number of aromatic nitrogens is 3. The smallest absolute Gasteiger partial charge is 0.0967 e. The van der Waals surface area contributed by atoms with Crippen molar-refractivity contribution in [2.75, 3.05) is 26.7 Å². The summed E-state index contributed by atoms with van der Waals surface area (Å²) in [6, 6.07) is 0. The molecule has 1 aliphatic heterocycles. The third-order valence-corrected chi connectivity index (χ3v) is 3.56. The monoisotopic (exact) mass is 253 g/mol. The molecule has 1 saturated heterocycles. The Labute approximate surface area is 108 Å². The SMILES string of the molecule is COC1(C)CCCN(Cc2cn(CCN)nn2)C1. The van der Waals surface area contributed by atoms with Gasteiger partial charge in [-0.25, -0.2) is 0 Å². The average Bonchev–Trinajstić information content (AvgIpc) is 2.77. The van der Waals surface area contributed by atoms with E-state index in [-0.39, 0.29) is 5.60 Å². The minimum absolute atomic E-state index is 0.0223. The molecule has 1 unspecified atom stereocenters. The van der Waals surface area contributed by atoms with Gasteiger partial charge in [-0.3, -0.25) is 9.58 Å². The molecule has 1 atom stereocenters. The Bertz CT molecular complexity index is 380. The molecule has 2 heterocycles. The maximum Gasteiger partial charge on any atom is 0.0967 e. The standard InChI is InChI=1S/C12H23N5O/c1-12(18-2)4-3-6-16(10-12)8-11-9-17(7-5-13)15-14-11/h9H,3-8,10,13H2,1-2H3. The van der Waals surface area contributed by atoms with Gasteiger partial charge in [0.15, 0.2) is 0 Å². The van der Waals surface area contributed by atoms with Crippen LogP contribution in [0.15, 0.2) is 6.20 Å². The van der Waals surface area contributed by atoms with Crippen LogP contribution in [0.5, 0.6) is 0 Å². The minimum Gasteiger partial charge on any atom is -0.377 e. The number of hydrogen-bond donors (Lipinski definition) is 1. The van der Waals surface area contributed by atoms with Crippen LogP contribution in [0, 0.1) is 0 Å². The predicted octanol–water partition coefficient (Wildman–Crippen LogP) is 0.238. The van der Waals surface area contributed by atoms with E-state index in [0.717, 1.165) is 38.3 Å². The average molecular weight is 253 g/mol. The summed E-state index contributed by atoms with van der Waals surface area (Å²) in [5.74, 6) is 0. The highest BCUT2D eigenvalue weighted by molar-refractivity contribution is 4.95. The maximum atomic E-state index is 5.59. The Kier molecular flexibility index (Phi) is 4.31. The molecule has 1 fully saturated rings. The molecule has 18 heavy (non-hydrogen) atoms. The summed E-state index contributed by atoms with van der Waals surface area (Å²) in [7, 11) is 1.79. The predicted molar refractivity (Wildman–Crippen MR) is 69.0 cm³/mol. The maximum absolute atomic E-state index is 5.59. The van der Waals surface area contributed by atoms with Crippen LogP contribution >= 0.6 is 0 Å². The number of nitrogens with zero attached hydrogens (tertiary/aromatic N) is 4. The lowest BCUT2D eigenvalue weighted by molar-refractivity contribution is -0.0529. The normalized spacial score (nSPS) is 25.5. The molecule has 0 spiro atoms. The second kappa shape index (κ2) is 5.77. The van der Waals surface area contributed by atoms with E-state index in [9.17, 15) is 0 Å². The highest BCUT2D eigenvalue weighted by atomic mass is 16.5. The van der Waals surface area contributed by atoms with Crippen molar-refractivity contribution >= 4 is 0 Å². The summed E-state index contributed by atoms with van der Waals surface area (Å²) in [5, 5.41) is 8.23. The molecule has 0 saturated carbocycles. The summed E-state index contributed by atoms with van der Waals surface area (Å²) >= 11 is 0. The summed E-state index contributed by atoms with van der Waals surface area (Å²) in [5.41, 5.74) is 6.47. The highest BCUT2D eigenvalue weighted by Gasteiger charge is 2.30. The number of hydrogen-bond acceptors (Lipinski definition) is 5. The Morgan fingerprint density at radius 3 is 3.11 bits per heavy atom. The van der Waals surface area contributed by atoms with Crippen molar-refractivity contribution < 1.29 is 4.74 Å². The molecule has 1 aromatic rings. The first-order chi connectivity index (χ1) is 8.65. The molecule has 1 aliphatic rings. The van der Waals surface area contributed by atoms with Gasteiger partial charge in [0.2, 0.25) is 0 Å². The third-order valence-electron chi connectivity index (χ3n) is 3.56. The van der Waals surface area contributed by atoms with Gasteiger partial charge < -0.3 is 10.5 Å². The van der Waals surface area contributed by atoms with Gasteiger partial charge in [0.1, 0.15) is 0 Å². The molecule has 0 aromatic carbocycles. The molecule has 2 N–H and O–H groups in total. The van der Waals surface area contributed by atoms with E-state index in [4.69, 9.17) is 10.5 Å². The second-order valence-corrected chi connectivity index (χ2v) is 5.23. The van der Waals surface area contributed by atoms with Crippen LogP contribution in [-0.4, -0.2) is 52.2 Å². The van der Waals surface area contributed by atoms with Crippen LogP contribution in [0.1, 0.15) is 25.5 Å². The van der Waals surface area contributed by atoms with Gasteiger partial charge >= 0.3 is 0 Å². The number of likely N-dealkylation sites (tertiary alicyclic amines) is 1. The van der Waals surface area contributed by atoms with Crippen molar-refractivity contribution in [3.63, 3.8) is 0 Å². The number of piperidine rings is 1. The first kappa shape index (κ1) is 13.5. The third kappa shape index (κ3) is 3.28. The molecule has 0 radical (unpaired) electrons. The first-order valence-corrected chi connectivity index (χ1v) is 6.52. The Morgan fingerprint density at radius 2 is 2.39 bits per heavy atom. The zero-order valence-corrected chi connectivity index (χ0v) is 11.3. The lowest BCUT2D eigenvalue weighted by Crippen LogP contribution is -2.46. The highest BCUT2D eigenvalue weighted by Crippen LogP contribution is 2.24. The van der Waals surface area contributed by atoms with E-state index in [1.165, 1.54) is 6.42 Å². The number of methoxy groups -OCH3 is 1. The van der Waals surface area contributed by atoms with Gasteiger partial charge in [0.05, 0.1) is 17.8 Å². The molecule has 6 nitrogen and oxygen atoms in total. The van der Waals surface area contributed by atoms with Crippen LogP contribution < -0.4 is 5.73 Å². The van der Waals surface area contributed by atoms with Crippen LogP contribution in [0.2, 0.25) is 0 Å². The molecule has 0 amide bonds. The van der Waals surface area contributed by atoms with Crippen molar-refractivity contribution in [1.29, 1.82) is 0 Å². The van der Waals surface area contributed by atoms with Crippen molar-refractivity contribution in [1.82, 2.24) is 19.9 Å². The van der Waals surface area contributed by atoms with Crippen LogP contribution in [0.3, 0.4) is 0 Å². The molecule has 1 aromatic heterocycles. The van der Waals surface area contributed by atoms with Crippen molar-refractivity contribution in [3.05, 3.63) is 11.9 Å². The molecule has 0 bridgehead atoms. The Morgan fingerprint density at radius 1 is 1.56 bits per heavy atom. The Balaban J connectivity index is 1.92. The topological polar surface area (TPSA) is 69.2 Å². The molecule has 102 valence electrons. The van der Waals surface area contributed by atoms with Crippen LogP contribution in [-0.2, 0) is 17.8 Å². The van der Waals surface area contributed by atoms with Gasteiger partial charge in [0, 0.05) is 32.9 Å². The summed E-state index contributed by atoms with van der Waals surface area (Å²) in [6.45, 7) is 6.38. The molecular formula is C12H23N5O. The zero-order valence-electron chi connectivity index (χ0n) is 11.3. The second-order valence-electron chi connectivity index (χ2n) is 5.23. The number of rotatable bonds is 5. The van der Waals surface area contributed by atoms with Crippen molar-refractivity contribution in [2.45, 2.75) is 38.5 Å². The van der Waals surface area contributed by atoms with Crippen molar-refractivity contribution in [3.8, 4) is 0 Å². The van der Waals surface area contributed by atoms with Gasteiger partial charge in [-0.15, -0.1) is 5.10 Å². The minimum atomic E-state index is -0.0223. The van der Waals surface area contributed by atoms with E-state index >= 15 is 0 Å². The van der Waals surface area contributed by atoms with E-state index in [2.05, 4.69) is 22.1 Å². The van der Waals surface area contributed by atoms with Crippen molar-refractivity contribution in [2.24, 2.45) is 5.73 Å². The molecular weight excluding hydrogens is 230 g/mol. The number of nitrogens with two attached hydrogens (primary N) is 1. The Hall–Kier alpha value is -0.980. The fourth-order valence-corrected chi connectivity index (χ4v) is 2.49. The van der Waals surface area contributed by atoms with E-state index in [0.29, 0.717) is 6.54 Å². The first-order valence-electron chi connectivity index (χ1n) is 6.52. The zero-order chi connectivity index (χ0) is 13.0. The molecule has 0 aliphatic carbocycles. The van der Waals surface area contributed by atoms with E-state index < -0.39 is 0 Å². The van der Waals surface area contributed by atoms with E-state index in [1.54, 1.807) is 11.8 Å². The summed E-state index contributed by atoms with van der Waals surface area (Å²) in [4.78, 5) is 2.38. The lowest BCUT2D eigenvalue weighted by atomic mass is 9.95. The summed E-state index contributed by atoms with van der Waals surface area (Å²) in [6.07, 6.45) is 4.27. The number of ether oxygens (including phenoxy) is 1. The fourth-order valence-electron chi connectivity index (χ4n) is 2.49. The quantitative estimate of drug-likeness (QED) is 0.814. The fraction of sp³-hybridized carbons (Fsp3) is 0.833. The lowest BCUT2D eigenvalue weighted by Gasteiger charge is -2.39. The van der Waals surface area contributed by atoms with Crippen LogP contribution in [0.25, 0.3) is 0 Å². The molecule has 2 rings (SSSR count). The van der Waals surface area contributed by atoms with Gasteiger partial charge in [0.25, 0.3) is 0 Å². The van der Waals surface area contributed by atoms with E-state index in [1.807, 2.05) is 6.20 Å². The van der Waals surface area contributed by atoms with Crippen LogP contribution in [0.4, 0.5) is 0 Å². The largest absolute Gasteiger partial charge is 0.377 e. The molecule has 6 heteroatoms. The summed E-state index contributed by atoms with van der Waals surface area (Å²) < 4.78 is 7.39. The van der Waals surface area contributed by atoms with Gasteiger partial charge in [-0.05, 0) is 26.3 Å². The van der Waals surface area contributed by atoms with Gasteiger partial charge in [-0.2, -0.15) is 0 Å². The van der Waals surface area contributed by atoms with Gasteiger partial charge in [-0.1, -0.05) is 5.21 Å².